The summed E-state index contributed by atoms with van der Waals surface area (Å²) in [7, 11) is 1.54. The van der Waals surface area contributed by atoms with Crippen LogP contribution in [0.15, 0.2) is 0 Å². The van der Waals surface area contributed by atoms with Crippen LogP contribution in [-0.4, -0.2) is 65.3 Å². The van der Waals surface area contributed by atoms with E-state index in [9.17, 15) is 19.2 Å². The van der Waals surface area contributed by atoms with Crippen molar-refractivity contribution in [2.45, 2.75) is 82.9 Å². The van der Waals surface area contributed by atoms with Gasteiger partial charge >= 0.3 is 6.03 Å². The van der Waals surface area contributed by atoms with E-state index in [1.54, 1.807) is 32.7 Å². The maximum absolute atomic E-state index is 12.0. The topological polar surface area (TPSA) is 108 Å². The van der Waals surface area contributed by atoms with Crippen molar-refractivity contribution in [1.82, 2.24) is 20.9 Å². The Hall–Kier alpha value is -1.77. The van der Waals surface area contributed by atoms with Crippen LogP contribution in [0.25, 0.3) is 0 Å². The fraction of sp³-hybridized carbons (Fsp3) is 0.810. The molecule has 1 rings (SSSR count). The maximum Gasteiger partial charge on any atom is 0.315 e. The van der Waals surface area contributed by atoms with E-state index in [4.69, 9.17) is 0 Å². The predicted octanol–water partition coefficient (Wildman–Crippen LogP) is 2.42. The lowest BCUT2D eigenvalue weighted by molar-refractivity contribution is -0.138. The second-order valence-corrected chi connectivity index (χ2v) is 9.41. The zero-order chi connectivity index (χ0) is 22.6. The van der Waals surface area contributed by atoms with Gasteiger partial charge in [0.2, 0.25) is 17.7 Å². The highest BCUT2D eigenvalue weighted by molar-refractivity contribution is 8.00. The van der Waals surface area contributed by atoms with Crippen LogP contribution in [0.5, 0.6) is 0 Å². The highest BCUT2D eigenvalue weighted by Gasteiger charge is 2.37. The zero-order valence-electron chi connectivity index (χ0n) is 18.8. The number of thioether (sulfide) groups is 1. The van der Waals surface area contributed by atoms with Gasteiger partial charge in [0, 0.05) is 26.6 Å². The summed E-state index contributed by atoms with van der Waals surface area (Å²) >= 11 is 1.62. The molecule has 0 aromatic carbocycles. The van der Waals surface area contributed by atoms with Gasteiger partial charge in [-0.25, -0.2) is 4.79 Å². The molecular formula is C21H38N4O4S. The molecule has 0 bridgehead atoms. The van der Waals surface area contributed by atoms with Gasteiger partial charge in [0.15, 0.2) is 0 Å². The zero-order valence-corrected chi connectivity index (χ0v) is 19.7. The van der Waals surface area contributed by atoms with Gasteiger partial charge in [-0.3, -0.25) is 19.3 Å². The van der Waals surface area contributed by atoms with Crippen LogP contribution in [0.3, 0.4) is 0 Å². The number of likely N-dealkylation sites (tertiary alicyclic amines) is 1. The molecule has 1 heterocycles. The second-order valence-electron chi connectivity index (χ2n) is 8.10. The first-order valence-electron chi connectivity index (χ1n) is 11.0. The van der Waals surface area contributed by atoms with Crippen molar-refractivity contribution < 1.29 is 19.2 Å². The number of likely N-dealkylation sites (N-methyl/N-ethyl adjacent to an activating group) is 1. The van der Waals surface area contributed by atoms with Crippen molar-refractivity contribution in [2.75, 3.05) is 25.9 Å². The predicted molar refractivity (Wildman–Crippen MR) is 120 cm³/mol. The lowest BCUT2D eigenvalue weighted by Gasteiger charge is -2.24. The van der Waals surface area contributed by atoms with Crippen molar-refractivity contribution in [3.05, 3.63) is 0 Å². The first-order valence-corrected chi connectivity index (χ1v) is 12.0. The smallest absolute Gasteiger partial charge is 0.315 e. The maximum atomic E-state index is 12.0. The molecule has 0 saturated carbocycles. The lowest BCUT2D eigenvalue weighted by Crippen LogP contribution is -2.56. The standard InChI is InChI=1S/C21H38N4O4S/c1-5-25-17(26)15-16(18(25)27)30-14-12-10-8-6-7-9-11-13-23-20(29)24-21(2,3)19(28)22-4/h16H,5-15H2,1-4H3,(H,22,28)(H2,23,24,29). The van der Waals surface area contributed by atoms with E-state index < -0.39 is 5.54 Å². The van der Waals surface area contributed by atoms with Crippen LogP contribution >= 0.6 is 11.8 Å². The molecule has 1 aliphatic rings. The number of urea groups is 1. The normalized spacial score (nSPS) is 16.7. The Bertz CT molecular complexity index is 598. The van der Waals surface area contributed by atoms with Crippen LogP contribution < -0.4 is 16.0 Å². The van der Waals surface area contributed by atoms with Crippen molar-refractivity contribution in [3.8, 4) is 0 Å². The van der Waals surface area contributed by atoms with E-state index in [-0.39, 0.29) is 29.0 Å². The summed E-state index contributed by atoms with van der Waals surface area (Å²) in [6, 6.07) is -0.328. The van der Waals surface area contributed by atoms with Gasteiger partial charge in [0.1, 0.15) is 5.54 Å². The quantitative estimate of drug-likeness (QED) is 0.283. The highest BCUT2D eigenvalue weighted by Crippen LogP contribution is 2.26. The van der Waals surface area contributed by atoms with Crippen molar-refractivity contribution in [2.24, 2.45) is 0 Å². The molecule has 1 fully saturated rings. The average Bonchev–Trinajstić information content (AvgIpc) is 2.97. The number of rotatable bonds is 14. The summed E-state index contributed by atoms with van der Waals surface area (Å²) in [5.41, 5.74) is -0.937. The van der Waals surface area contributed by atoms with Crippen LogP contribution in [0, 0.1) is 0 Å². The van der Waals surface area contributed by atoms with E-state index in [1.165, 1.54) is 4.90 Å². The molecule has 1 unspecified atom stereocenters. The minimum Gasteiger partial charge on any atom is -0.357 e. The van der Waals surface area contributed by atoms with E-state index in [2.05, 4.69) is 16.0 Å². The van der Waals surface area contributed by atoms with Crippen molar-refractivity contribution in [1.29, 1.82) is 0 Å². The van der Waals surface area contributed by atoms with E-state index in [0.29, 0.717) is 19.5 Å². The largest absolute Gasteiger partial charge is 0.357 e. The molecule has 0 aliphatic carbocycles. The molecule has 172 valence electrons. The lowest BCUT2D eigenvalue weighted by atomic mass is 10.1. The molecule has 0 aromatic heterocycles. The summed E-state index contributed by atoms with van der Waals surface area (Å²) in [5, 5.41) is 7.80. The number of amides is 5. The first kappa shape index (κ1) is 26.3. The summed E-state index contributed by atoms with van der Waals surface area (Å²) in [5.74, 6) is 0.628. The minimum absolute atomic E-state index is 0.0213. The third-order valence-corrected chi connectivity index (χ3v) is 6.46. The number of nitrogens with one attached hydrogen (secondary N) is 3. The molecule has 1 saturated heterocycles. The first-order chi connectivity index (χ1) is 14.2. The number of nitrogens with zero attached hydrogens (tertiary/aromatic N) is 1. The van der Waals surface area contributed by atoms with Gasteiger partial charge in [0.25, 0.3) is 0 Å². The van der Waals surface area contributed by atoms with Crippen molar-refractivity contribution in [3.63, 3.8) is 0 Å². The molecule has 0 radical (unpaired) electrons. The SMILES string of the molecule is CCN1C(=O)CC(SCCCCCCCCCNC(=O)NC(C)(C)C(=O)NC)C1=O. The number of unbranched alkanes of at least 4 members (excludes halogenated alkanes) is 6. The van der Waals surface area contributed by atoms with Crippen LogP contribution in [0.2, 0.25) is 0 Å². The van der Waals surface area contributed by atoms with Gasteiger partial charge in [-0.15, -0.1) is 11.8 Å². The number of carbonyl (C=O) groups excluding carboxylic acids is 4. The monoisotopic (exact) mass is 442 g/mol. The van der Waals surface area contributed by atoms with Crippen LogP contribution in [-0.2, 0) is 14.4 Å². The fourth-order valence-corrected chi connectivity index (χ4v) is 4.54. The number of hydrogen-bond donors (Lipinski definition) is 3. The Labute approximate surface area is 184 Å². The minimum atomic E-state index is -0.937. The third kappa shape index (κ3) is 8.93. The molecule has 3 N–H and O–H groups in total. The molecule has 8 nitrogen and oxygen atoms in total. The van der Waals surface area contributed by atoms with Gasteiger partial charge in [-0.1, -0.05) is 32.1 Å². The van der Waals surface area contributed by atoms with Crippen LogP contribution in [0.1, 0.15) is 72.1 Å². The Balaban J connectivity index is 1.96. The molecular weight excluding hydrogens is 404 g/mol. The van der Waals surface area contributed by atoms with Gasteiger partial charge in [-0.2, -0.15) is 0 Å². The Morgan fingerprint density at radius 3 is 2.23 bits per heavy atom. The summed E-state index contributed by atoms with van der Waals surface area (Å²) in [4.78, 5) is 48.6. The van der Waals surface area contributed by atoms with E-state index in [0.717, 1.165) is 50.7 Å². The van der Waals surface area contributed by atoms with Crippen LogP contribution in [0.4, 0.5) is 4.79 Å². The fourth-order valence-electron chi connectivity index (χ4n) is 3.35. The summed E-state index contributed by atoms with van der Waals surface area (Å²) < 4.78 is 0. The summed E-state index contributed by atoms with van der Waals surface area (Å²) in [6.07, 6.45) is 7.97. The molecule has 0 spiro atoms. The van der Waals surface area contributed by atoms with Gasteiger partial charge < -0.3 is 16.0 Å². The number of hydrogen-bond acceptors (Lipinski definition) is 5. The molecule has 5 amide bonds. The number of imide groups is 1. The highest BCUT2D eigenvalue weighted by atomic mass is 32.2. The number of carbonyl (C=O) groups is 4. The van der Waals surface area contributed by atoms with E-state index >= 15 is 0 Å². The molecule has 0 aromatic rings. The molecule has 30 heavy (non-hydrogen) atoms. The van der Waals surface area contributed by atoms with Gasteiger partial charge in [0.05, 0.1) is 5.25 Å². The second kappa shape index (κ2) is 13.5. The Kier molecular flexibility index (Phi) is 11.8. The van der Waals surface area contributed by atoms with E-state index in [1.807, 2.05) is 6.92 Å². The third-order valence-electron chi connectivity index (χ3n) is 5.17. The molecule has 1 aliphatic heterocycles. The molecule has 1 atom stereocenters. The molecule has 9 heteroatoms. The Morgan fingerprint density at radius 2 is 1.67 bits per heavy atom. The van der Waals surface area contributed by atoms with Crippen molar-refractivity contribution >= 4 is 35.5 Å². The Morgan fingerprint density at radius 1 is 1.07 bits per heavy atom. The van der Waals surface area contributed by atoms with Gasteiger partial charge in [-0.05, 0) is 39.4 Å². The average molecular weight is 443 g/mol. The summed E-state index contributed by atoms with van der Waals surface area (Å²) in [6.45, 7) is 6.23.